The van der Waals surface area contributed by atoms with Gasteiger partial charge < -0.3 is 9.47 Å². The summed E-state index contributed by atoms with van der Waals surface area (Å²) >= 11 is 0. The van der Waals surface area contributed by atoms with Gasteiger partial charge in [-0.25, -0.2) is 0 Å². The SMILES string of the molecule is CCN1CCC(Cc2nnc3n2CCC(C)C3)C1. The van der Waals surface area contributed by atoms with E-state index in [0.29, 0.717) is 0 Å². The lowest BCUT2D eigenvalue weighted by Gasteiger charge is -2.21. The summed E-state index contributed by atoms with van der Waals surface area (Å²) in [5.74, 6) is 4.02. The molecule has 3 heterocycles. The van der Waals surface area contributed by atoms with Crippen molar-refractivity contribution < 1.29 is 0 Å². The third-order valence-corrected chi connectivity index (χ3v) is 4.57. The van der Waals surface area contributed by atoms with Crippen molar-refractivity contribution in [2.75, 3.05) is 19.6 Å². The van der Waals surface area contributed by atoms with E-state index in [1.165, 1.54) is 44.1 Å². The average Bonchev–Trinajstić information content (AvgIpc) is 2.97. The van der Waals surface area contributed by atoms with E-state index in [0.717, 1.165) is 31.2 Å². The fourth-order valence-electron chi connectivity index (χ4n) is 3.32. The first-order valence-electron chi connectivity index (χ1n) is 7.39. The quantitative estimate of drug-likeness (QED) is 0.817. The van der Waals surface area contributed by atoms with E-state index in [4.69, 9.17) is 0 Å². The summed E-state index contributed by atoms with van der Waals surface area (Å²) in [7, 11) is 0. The van der Waals surface area contributed by atoms with Crippen LogP contribution in [0.5, 0.6) is 0 Å². The largest absolute Gasteiger partial charge is 0.315 e. The number of rotatable bonds is 3. The van der Waals surface area contributed by atoms with Gasteiger partial charge in [0.25, 0.3) is 0 Å². The molecule has 18 heavy (non-hydrogen) atoms. The third-order valence-electron chi connectivity index (χ3n) is 4.57. The molecule has 0 spiro atoms. The van der Waals surface area contributed by atoms with Gasteiger partial charge in [-0.1, -0.05) is 13.8 Å². The van der Waals surface area contributed by atoms with Crippen molar-refractivity contribution in [2.45, 2.75) is 46.1 Å². The number of likely N-dealkylation sites (tertiary alicyclic amines) is 1. The van der Waals surface area contributed by atoms with Gasteiger partial charge in [0.2, 0.25) is 0 Å². The molecule has 2 aliphatic rings. The zero-order chi connectivity index (χ0) is 12.5. The Labute approximate surface area is 109 Å². The van der Waals surface area contributed by atoms with Crippen LogP contribution < -0.4 is 0 Å². The molecule has 0 amide bonds. The first kappa shape index (κ1) is 12.2. The molecule has 0 aliphatic carbocycles. The van der Waals surface area contributed by atoms with Gasteiger partial charge >= 0.3 is 0 Å². The molecule has 0 N–H and O–H groups in total. The first-order chi connectivity index (χ1) is 8.76. The highest BCUT2D eigenvalue weighted by molar-refractivity contribution is 5.01. The lowest BCUT2D eigenvalue weighted by molar-refractivity contribution is 0.338. The molecule has 0 radical (unpaired) electrons. The van der Waals surface area contributed by atoms with Crippen LogP contribution in [0.25, 0.3) is 0 Å². The van der Waals surface area contributed by atoms with Crippen molar-refractivity contribution in [1.29, 1.82) is 0 Å². The monoisotopic (exact) mass is 248 g/mol. The second-order valence-electron chi connectivity index (χ2n) is 6.03. The molecule has 1 aromatic rings. The molecule has 4 heteroatoms. The summed E-state index contributed by atoms with van der Waals surface area (Å²) in [6.45, 7) is 9.39. The summed E-state index contributed by atoms with van der Waals surface area (Å²) in [5.41, 5.74) is 0. The van der Waals surface area contributed by atoms with Gasteiger partial charge in [0.1, 0.15) is 11.6 Å². The summed E-state index contributed by atoms with van der Waals surface area (Å²) in [4.78, 5) is 2.54. The van der Waals surface area contributed by atoms with Crippen LogP contribution in [0.1, 0.15) is 38.3 Å². The van der Waals surface area contributed by atoms with Crippen LogP contribution in [-0.2, 0) is 19.4 Å². The highest BCUT2D eigenvalue weighted by Gasteiger charge is 2.25. The molecule has 3 rings (SSSR count). The van der Waals surface area contributed by atoms with E-state index in [1.54, 1.807) is 0 Å². The zero-order valence-corrected chi connectivity index (χ0v) is 11.6. The van der Waals surface area contributed by atoms with Crippen molar-refractivity contribution in [1.82, 2.24) is 19.7 Å². The molecule has 2 aliphatic heterocycles. The first-order valence-corrected chi connectivity index (χ1v) is 7.39. The predicted octanol–water partition coefficient (Wildman–Crippen LogP) is 1.74. The summed E-state index contributed by atoms with van der Waals surface area (Å²) in [6, 6.07) is 0. The Morgan fingerprint density at radius 1 is 1.22 bits per heavy atom. The molecule has 100 valence electrons. The van der Waals surface area contributed by atoms with Gasteiger partial charge in [0.05, 0.1) is 0 Å². The van der Waals surface area contributed by atoms with Crippen LogP contribution in [0.3, 0.4) is 0 Å². The van der Waals surface area contributed by atoms with Crippen molar-refractivity contribution in [2.24, 2.45) is 11.8 Å². The van der Waals surface area contributed by atoms with Crippen LogP contribution in [-0.4, -0.2) is 39.3 Å². The van der Waals surface area contributed by atoms with E-state index < -0.39 is 0 Å². The second kappa shape index (κ2) is 5.00. The lowest BCUT2D eigenvalue weighted by Crippen LogP contribution is -2.22. The third kappa shape index (κ3) is 2.30. The van der Waals surface area contributed by atoms with E-state index in [9.17, 15) is 0 Å². The molecule has 1 aromatic heterocycles. The number of hydrogen-bond acceptors (Lipinski definition) is 3. The van der Waals surface area contributed by atoms with Gasteiger partial charge in [-0.05, 0) is 37.8 Å². The highest BCUT2D eigenvalue weighted by atomic mass is 15.3. The maximum atomic E-state index is 4.44. The summed E-state index contributed by atoms with van der Waals surface area (Å²) < 4.78 is 2.38. The molecule has 0 aromatic carbocycles. The zero-order valence-electron chi connectivity index (χ0n) is 11.6. The fraction of sp³-hybridized carbons (Fsp3) is 0.857. The van der Waals surface area contributed by atoms with Crippen molar-refractivity contribution in [3.8, 4) is 0 Å². The van der Waals surface area contributed by atoms with E-state index in [2.05, 4.69) is 33.5 Å². The summed E-state index contributed by atoms with van der Waals surface area (Å²) in [6.07, 6.45) is 4.84. The fourth-order valence-corrected chi connectivity index (χ4v) is 3.32. The Bertz CT molecular complexity index is 412. The Hall–Kier alpha value is -0.900. The molecule has 1 fully saturated rings. The lowest BCUT2D eigenvalue weighted by atomic mass is 9.99. The molecule has 1 saturated heterocycles. The van der Waals surface area contributed by atoms with Crippen LogP contribution in [0.2, 0.25) is 0 Å². The Balaban J connectivity index is 1.67. The number of hydrogen-bond donors (Lipinski definition) is 0. The smallest absolute Gasteiger partial charge is 0.133 e. The minimum absolute atomic E-state index is 0.775. The van der Waals surface area contributed by atoms with Gasteiger partial charge in [-0.15, -0.1) is 10.2 Å². The Morgan fingerprint density at radius 2 is 2.11 bits per heavy atom. The number of aromatic nitrogens is 3. The van der Waals surface area contributed by atoms with Crippen LogP contribution >= 0.6 is 0 Å². The number of nitrogens with zero attached hydrogens (tertiary/aromatic N) is 4. The Kier molecular flexibility index (Phi) is 3.37. The predicted molar refractivity (Wildman–Crippen MR) is 71.4 cm³/mol. The van der Waals surface area contributed by atoms with E-state index in [1.807, 2.05) is 0 Å². The molecular formula is C14H24N4. The standard InChI is InChI=1S/C14H24N4/c1-3-17-6-5-12(10-17)9-14-16-15-13-8-11(2)4-7-18(13)14/h11-12H,3-10H2,1-2H3. The molecular weight excluding hydrogens is 224 g/mol. The van der Waals surface area contributed by atoms with Crippen LogP contribution in [0.4, 0.5) is 0 Å². The topological polar surface area (TPSA) is 34.0 Å². The van der Waals surface area contributed by atoms with E-state index >= 15 is 0 Å². The molecule has 2 atom stereocenters. The van der Waals surface area contributed by atoms with Gasteiger partial charge in [0.15, 0.2) is 0 Å². The minimum atomic E-state index is 0.775. The van der Waals surface area contributed by atoms with Crippen molar-refractivity contribution >= 4 is 0 Å². The van der Waals surface area contributed by atoms with Crippen molar-refractivity contribution in [3.05, 3.63) is 11.6 Å². The van der Waals surface area contributed by atoms with E-state index in [-0.39, 0.29) is 0 Å². The average molecular weight is 248 g/mol. The Morgan fingerprint density at radius 3 is 2.89 bits per heavy atom. The maximum Gasteiger partial charge on any atom is 0.133 e. The maximum absolute atomic E-state index is 4.44. The van der Waals surface area contributed by atoms with Crippen LogP contribution in [0, 0.1) is 11.8 Å². The normalized spacial score (nSPS) is 28.6. The molecule has 4 nitrogen and oxygen atoms in total. The molecule has 2 unspecified atom stereocenters. The van der Waals surface area contributed by atoms with Crippen LogP contribution in [0.15, 0.2) is 0 Å². The molecule has 0 bridgehead atoms. The second-order valence-corrected chi connectivity index (χ2v) is 6.03. The molecule has 0 saturated carbocycles. The summed E-state index contributed by atoms with van der Waals surface area (Å²) in [5, 5.41) is 8.83. The van der Waals surface area contributed by atoms with Gasteiger partial charge in [0, 0.05) is 25.9 Å². The van der Waals surface area contributed by atoms with Crippen molar-refractivity contribution in [3.63, 3.8) is 0 Å². The minimum Gasteiger partial charge on any atom is -0.315 e. The van der Waals surface area contributed by atoms with Gasteiger partial charge in [-0.2, -0.15) is 0 Å². The highest BCUT2D eigenvalue weighted by Crippen LogP contribution is 2.24. The number of fused-ring (bicyclic) bond motifs is 1. The van der Waals surface area contributed by atoms with Gasteiger partial charge in [-0.3, -0.25) is 0 Å².